The summed E-state index contributed by atoms with van der Waals surface area (Å²) in [5.41, 5.74) is -0.396. The Balaban J connectivity index is 1.65. The highest BCUT2D eigenvalue weighted by Crippen LogP contribution is 2.66. The maximum atomic E-state index is 15.0. The van der Waals surface area contributed by atoms with Gasteiger partial charge in [0.25, 0.3) is 5.91 Å². The number of aliphatic hydroxyl groups excluding tert-OH is 1. The third-order valence-electron chi connectivity index (χ3n) is 10.4. The summed E-state index contributed by atoms with van der Waals surface area (Å²) < 4.78 is 12.6. The summed E-state index contributed by atoms with van der Waals surface area (Å²) in [6.45, 7) is 17.8. The Morgan fingerprint density at radius 2 is 1.79 bits per heavy atom. The number of rotatable bonds is 13. The van der Waals surface area contributed by atoms with Crippen molar-refractivity contribution in [2.75, 3.05) is 36.1 Å². The molecule has 0 aromatic heterocycles. The second-order valence-electron chi connectivity index (χ2n) is 13.0. The highest BCUT2D eigenvalue weighted by atomic mass is 35.5. The zero-order chi connectivity index (χ0) is 34.3. The van der Waals surface area contributed by atoms with Crippen LogP contribution in [0.4, 0.5) is 11.4 Å². The average Bonchev–Trinajstić information content (AvgIpc) is 3.56. The second-order valence-corrected chi connectivity index (χ2v) is 13.4. The molecule has 252 valence electrons. The number of benzene rings is 2. The summed E-state index contributed by atoms with van der Waals surface area (Å²) >= 11 is 6.69. The number of carbonyl (C=O) groups excluding carboxylic acids is 3. The zero-order valence-electron chi connectivity index (χ0n) is 27.9. The van der Waals surface area contributed by atoms with E-state index >= 15 is 4.79 Å². The van der Waals surface area contributed by atoms with Crippen LogP contribution in [0.1, 0.15) is 46.1 Å². The van der Waals surface area contributed by atoms with E-state index in [2.05, 4.69) is 13.2 Å². The van der Waals surface area contributed by atoms with Crippen molar-refractivity contribution in [2.24, 2.45) is 17.8 Å². The average molecular weight is 664 g/mol. The highest BCUT2D eigenvalue weighted by Gasteiger charge is 2.80. The molecule has 7 atom stereocenters. The van der Waals surface area contributed by atoms with Crippen molar-refractivity contribution in [3.63, 3.8) is 0 Å². The minimum absolute atomic E-state index is 0.138. The first-order valence-electron chi connectivity index (χ1n) is 16.4. The predicted molar refractivity (Wildman–Crippen MR) is 184 cm³/mol. The van der Waals surface area contributed by atoms with E-state index in [1.165, 1.54) is 4.90 Å². The second kappa shape index (κ2) is 13.5. The van der Waals surface area contributed by atoms with Crippen LogP contribution in [0.5, 0.6) is 5.75 Å². The van der Waals surface area contributed by atoms with Gasteiger partial charge in [0.2, 0.25) is 11.8 Å². The van der Waals surface area contributed by atoms with Gasteiger partial charge < -0.3 is 29.3 Å². The third kappa shape index (κ3) is 5.46. The quantitative estimate of drug-likeness (QED) is 0.282. The van der Waals surface area contributed by atoms with Crippen LogP contribution in [0.25, 0.3) is 0 Å². The molecule has 3 unspecified atom stereocenters. The van der Waals surface area contributed by atoms with E-state index in [0.717, 1.165) is 5.56 Å². The molecule has 47 heavy (non-hydrogen) atoms. The Morgan fingerprint density at radius 1 is 1.13 bits per heavy atom. The topological polar surface area (TPSA) is 99.6 Å². The molecule has 2 aromatic carbocycles. The van der Waals surface area contributed by atoms with Gasteiger partial charge in [0.05, 0.1) is 47.4 Å². The van der Waals surface area contributed by atoms with Crippen molar-refractivity contribution in [1.29, 1.82) is 0 Å². The molecule has 1 N–H and O–H groups in total. The fourth-order valence-electron chi connectivity index (χ4n) is 8.18. The number of ether oxygens (including phenoxy) is 2. The number of para-hydroxylation sites is 1. The van der Waals surface area contributed by atoms with Gasteiger partial charge in [-0.25, -0.2) is 0 Å². The fourth-order valence-corrected chi connectivity index (χ4v) is 8.50. The lowest BCUT2D eigenvalue weighted by Crippen LogP contribution is -2.59. The van der Waals surface area contributed by atoms with Gasteiger partial charge in [-0.3, -0.25) is 14.4 Å². The smallest absolute Gasteiger partial charge is 0.253 e. The van der Waals surface area contributed by atoms with Crippen LogP contribution in [0.2, 0.25) is 5.02 Å². The first-order chi connectivity index (χ1) is 22.4. The van der Waals surface area contributed by atoms with Crippen molar-refractivity contribution < 1.29 is 29.0 Å². The number of fused-ring (bicyclic) bond motifs is 1. The Kier molecular flexibility index (Phi) is 9.92. The summed E-state index contributed by atoms with van der Waals surface area (Å²) in [4.78, 5) is 49.3. The molecule has 2 bridgehead atoms. The molecular weight excluding hydrogens is 618 g/mol. The molecule has 9 nitrogen and oxygen atoms in total. The monoisotopic (exact) mass is 663 g/mol. The minimum Gasteiger partial charge on any atom is -0.494 e. The van der Waals surface area contributed by atoms with E-state index in [0.29, 0.717) is 41.6 Å². The van der Waals surface area contributed by atoms with E-state index in [9.17, 15) is 14.7 Å². The summed E-state index contributed by atoms with van der Waals surface area (Å²) in [6.07, 6.45) is 4.07. The molecule has 0 saturated carbocycles. The first-order valence-corrected chi connectivity index (χ1v) is 16.8. The predicted octanol–water partition coefficient (Wildman–Crippen LogP) is 5.57. The summed E-state index contributed by atoms with van der Waals surface area (Å²) in [5.74, 6) is -2.35. The fraction of sp³-hybridized carbons (Fsp3) is 0.486. The molecule has 3 heterocycles. The Bertz CT molecular complexity index is 1520. The van der Waals surface area contributed by atoms with Crippen LogP contribution in [0.3, 0.4) is 0 Å². The van der Waals surface area contributed by atoms with Crippen molar-refractivity contribution in [3.05, 3.63) is 78.4 Å². The van der Waals surface area contributed by atoms with E-state index < -0.39 is 35.1 Å². The molecule has 0 aliphatic carbocycles. The number of aliphatic hydroxyl groups is 1. The number of anilines is 2. The SMILES string of the molecule is C=CCN(C(=O)[C@H]1[C@H]2C(=O)N([C@@H](CC)CO)C(C(=O)N(CC=C)c3c(C)cccc3Cl)C23CC(C)[C@]1(C)O3)c1ccc(OCC)cc1. The molecule has 3 amide bonds. The Hall–Kier alpha value is -3.66. The molecule has 1 spiro atoms. The summed E-state index contributed by atoms with van der Waals surface area (Å²) in [6, 6.07) is 10.9. The molecule has 3 fully saturated rings. The maximum Gasteiger partial charge on any atom is 0.253 e. The number of aryl methyl sites for hydroxylation is 1. The third-order valence-corrected chi connectivity index (χ3v) is 10.7. The highest BCUT2D eigenvalue weighted by molar-refractivity contribution is 6.34. The van der Waals surface area contributed by atoms with Gasteiger partial charge in [-0.2, -0.15) is 0 Å². The van der Waals surface area contributed by atoms with Gasteiger partial charge in [0, 0.05) is 18.8 Å². The van der Waals surface area contributed by atoms with E-state index in [-0.39, 0.29) is 43.3 Å². The van der Waals surface area contributed by atoms with Crippen LogP contribution in [0, 0.1) is 24.7 Å². The molecule has 3 saturated heterocycles. The van der Waals surface area contributed by atoms with Crippen LogP contribution in [-0.2, 0) is 19.1 Å². The standard InChI is InChI=1S/C37H46ClN3O6/c1-8-19-39(26-15-17-27(18-16-26)46-11-4)33(43)29-30-34(44)41(25(10-3)22-42)32(37(30)21-24(6)36(29,7)47-37)35(45)40(20-9-2)31-23(5)13-12-14-28(31)38/h8-9,12-18,24-25,29-30,32,42H,1-2,10-11,19-22H2,3-7H3/t24?,25-,29+,30-,32?,36-,37?/m0/s1. The number of amides is 3. The first kappa shape index (κ1) is 34.7. The normalized spacial score (nSPS) is 28.1. The van der Waals surface area contributed by atoms with Gasteiger partial charge in [-0.15, -0.1) is 13.2 Å². The van der Waals surface area contributed by atoms with Crippen molar-refractivity contribution in [3.8, 4) is 5.75 Å². The van der Waals surface area contributed by atoms with Crippen LogP contribution < -0.4 is 14.5 Å². The number of halogens is 1. The van der Waals surface area contributed by atoms with Crippen molar-refractivity contribution in [1.82, 2.24) is 4.90 Å². The van der Waals surface area contributed by atoms with Gasteiger partial charge in [0.15, 0.2) is 0 Å². The van der Waals surface area contributed by atoms with Crippen LogP contribution in [0.15, 0.2) is 67.8 Å². The molecule has 5 rings (SSSR count). The molecule has 10 heteroatoms. The van der Waals surface area contributed by atoms with Gasteiger partial charge >= 0.3 is 0 Å². The van der Waals surface area contributed by atoms with E-state index in [1.807, 2.05) is 58.9 Å². The van der Waals surface area contributed by atoms with Crippen LogP contribution in [-0.4, -0.2) is 77.3 Å². The van der Waals surface area contributed by atoms with Gasteiger partial charge in [0.1, 0.15) is 17.4 Å². The number of hydrogen-bond donors (Lipinski definition) is 1. The minimum atomic E-state index is -1.31. The van der Waals surface area contributed by atoms with Crippen molar-refractivity contribution in [2.45, 2.75) is 70.7 Å². The zero-order valence-corrected chi connectivity index (χ0v) is 28.7. The Labute approximate surface area is 282 Å². The summed E-state index contributed by atoms with van der Waals surface area (Å²) in [7, 11) is 0. The molecular formula is C37H46ClN3O6. The number of nitrogens with zero attached hydrogens (tertiary/aromatic N) is 3. The number of hydrogen-bond acceptors (Lipinski definition) is 6. The molecule has 3 aliphatic rings. The van der Waals surface area contributed by atoms with Crippen molar-refractivity contribution >= 4 is 40.7 Å². The Morgan fingerprint density at radius 3 is 2.36 bits per heavy atom. The lowest BCUT2D eigenvalue weighted by atomic mass is 9.62. The summed E-state index contributed by atoms with van der Waals surface area (Å²) in [5, 5.41) is 10.9. The lowest BCUT2D eigenvalue weighted by molar-refractivity contribution is -0.149. The van der Waals surface area contributed by atoms with E-state index in [1.54, 1.807) is 40.2 Å². The number of likely N-dealkylation sites (tertiary alicyclic amines) is 1. The molecule has 2 aromatic rings. The van der Waals surface area contributed by atoms with Gasteiger partial charge in [-0.05, 0) is 75.4 Å². The van der Waals surface area contributed by atoms with E-state index in [4.69, 9.17) is 21.1 Å². The molecule has 3 aliphatic heterocycles. The molecule has 0 radical (unpaired) electrons. The van der Waals surface area contributed by atoms with Gasteiger partial charge in [-0.1, -0.05) is 49.7 Å². The maximum absolute atomic E-state index is 15.0. The number of carbonyl (C=O) groups is 3. The van der Waals surface area contributed by atoms with Crippen LogP contribution >= 0.6 is 11.6 Å². The largest absolute Gasteiger partial charge is 0.494 e. The lowest BCUT2D eigenvalue weighted by Gasteiger charge is -2.39.